The zero-order valence-corrected chi connectivity index (χ0v) is 14.9. The molecule has 1 aromatic carbocycles. The van der Waals surface area contributed by atoms with Gasteiger partial charge in [-0.15, -0.1) is 11.3 Å². The highest BCUT2D eigenvalue weighted by Crippen LogP contribution is 2.27. The van der Waals surface area contributed by atoms with E-state index in [9.17, 15) is 9.59 Å². The summed E-state index contributed by atoms with van der Waals surface area (Å²) < 4.78 is 5.05. The molecule has 0 atom stereocenters. The van der Waals surface area contributed by atoms with Gasteiger partial charge in [0.25, 0.3) is 11.8 Å². The molecule has 2 N–H and O–H groups in total. The molecule has 0 bridgehead atoms. The Kier molecular flexibility index (Phi) is 5.21. The standard InChI is InChI=1S/C18H15ClN2O3S/c1-11-9-15(21-17(22)14-3-2-8-24-14)25-16(11)18(23)20-10-12-4-6-13(19)7-5-12/h2-9H,10H2,1H3,(H,20,23)(H,21,22). The molecular formula is C18H15ClN2O3S. The van der Waals surface area contributed by atoms with Crippen LogP contribution < -0.4 is 10.6 Å². The van der Waals surface area contributed by atoms with Gasteiger partial charge in [0.1, 0.15) is 0 Å². The molecule has 2 heterocycles. The Balaban J connectivity index is 1.64. The molecule has 0 aliphatic heterocycles. The molecule has 3 aromatic rings. The summed E-state index contributed by atoms with van der Waals surface area (Å²) in [5.41, 5.74) is 1.76. The van der Waals surface area contributed by atoms with Crippen LogP contribution in [0.1, 0.15) is 31.4 Å². The van der Waals surface area contributed by atoms with Crippen molar-refractivity contribution < 1.29 is 14.0 Å². The second-order valence-electron chi connectivity index (χ2n) is 5.36. The van der Waals surface area contributed by atoms with E-state index in [0.717, 1.165) is 11.1 Å². The minimum absolute atomic E-state index is 0.184. The van der Waals surface area contributed by atoms with Crippen LogP contribution in [-0.2, 0) is 6.54 Å². The van der Waals surface area contributed by atoms with Crippen molar-refractivity contribution in [2.75, 3.05) is 5.32 Å². The van der Waals surface area contributed by atoms with Crippen molar-refractivity contribution in [3.05, 3.63) is 75.5 Å². The maximum Gasteiger partial charge on any atom is 0.291 e. The quantitative estimate of drug-likeness (QED) is 0.691. The number of hydrogen-bond acceptors (Lipinski definition) is 4. The molecule has 0 spiro atoms. The minimum Gasteiger partial charge on any atom is -0.459 e. The van der Waals surface area contributed by atoms with Crippen molar-refractivity contribution in [1.82, 2.24) is 5.32 Å². The first-order valence-electron chi connectivity index (χ1n) is 7.51. The Labute approximate surface area is 153 Å². The smallest absolute Gasteiger partial charge is 0.291 e. The highest BCUT2D eigenvalue weighted by molar-refractivity contribution is 7.18. The molecule has 0 unspecified atom stereocenters. The van der Waals surface area contributed by atoms with E-state index < -0.39 is 0 Å². The number of thiophene rings is 1. The third-order valence-corrected chi connectivity index (χ3v) is 4.88. The molecule has 0 saturated heterocycles. The van der Waals surface area contributed by atoms with E-state index >= 15 is 0 Å². The van der Waals surface area contributed by atoms with Crippen molar-refractivity contribution in [2.45, 2.75) is 13.5 Å². The van der Waals surface area contributed by atoms with Crippen LogP contribution in [0.2, 0.25) is 5.02 Å². The molecule has 25 heavy (non-hydrogen) atoms. The summed E-state index contributed by atoms with van der Waals surface area (Å²) in [5, 5.41) is 6.85. The summed E-state index contributed by atoms with van der Waals surface area (Å²) in [6.45, 7) is 2.23. The lowest BCUT2D eigenvalue weighted by atomic mass is 10.2. The first-order valence-corrected chi connectivity index (χ1v) is 8.70. The number of furan rings is 1. The lowest BCUT2D eigenvalue weighted by molar-refractivity contribution is 0.0953. The van der Waals surface area contributed by atoms with Gasteiger partial charge in [-0.3, -0.25) is 9.59 Å². The summed E-state index contributed by atoms with van der Waals surface area (Å²) in [6, 6.07) is 12.3. The van der Waals surface area contributed by atoms with Gasteiger partial charge in [0, 0.05) is 11.6 Å². The van der Waals surface area contributed by atoms with Gasteiger partial charge in [0.05, 0.1) is 16.1 Å². The van der Waals surface area contributed by atoms with Gasteiger partial charge in [0.2, 0.25) is 0 Å². The predicted octanol–water partition coefficient (Wildman–Crippen LogP) is 4.49. The maximum absolute atomic E-state index is 12.4. The summed E-state index contributed by atoms with van der Waals surface area (Å²) in [4.78, 5) is 24.9. The molecule has 0 fully saturated rings. The molecule has 7 heteroatoms. The number of anilines is 1. The Bertz CT molecular complexity index is 886. The van der Waals surface area contributed by atoms with Crippen LogP contribution in [0.5, 0.6) is 0 Å². The number of nitrogens with one attached hydrogen (secondary N) is 2. The van der Waals surface area contributed by atoms with Crippen LogP contribution >= 0.6 is 22.9 Å². The molecule has 128 valence electrons. The van der Waals surface area contributed by atoms with Crippen LogP contribution in [0.25, 0.3) is 0 Å². The van der Waals surface area contributed by atoms with Crippen LogP contribution in [0.3, 0.4) is 0 Å². The van der Waals surface area contributed by atoms with Crippen molar-refractivity contribution in [1.29, 1.82) is 0 Å². The summed E-state index contributed by atoms with van der Waals surface area (Å²) in [6.07, 6.45) is 1.43. The topological polar surface area (TPSA) is 71.3 Å². The fraction of sp³-hybridized carbons (Fsp3) is 0.111. The van der Waals surface area contributed by atoms with Gasteiger partial charge in [0.15, 0.2) is 5.76 Å². The number of halogens is 1. The van der Waals surface area contributed by atoms with E-state index in [2.05, 4.69) is 10.6 Å². The molecule has 5 nitrogen and oxygen atoms in total. The number of aryl methyl sites for hydroxylation is 1. The van der Waals surface area contributed by atoms with Gasteiger partial charge in [-0.05, 0) is 48.4 Å². The van der Waals surface area contributed by atoms with E-state index in [-0.39, 0.29) is 17.6 Å². The molecule has 3 rings (SSSR count). The Hall–Kier alpha value is -2.57. The largest absolute Gasteiger partial charge is 0.459 e. The summed E-state index contributed by atoms with van der Waals surface area (Å²) >= 11 is 7.07. The number of carbonyl (C=O) groups excluding carboxylic acids is 2. The zero-order valence-electron chi connectivity index (χ0n) is 13.3. The Morgan fingerprint density at radius 2 is 1.92 bits per heavy atom. The molecule has 0 aliphatic rings. The van der Waals surface area contributed by atoms with Crippen molar-refractivity contribution >= 4 is 39.8 Å². The van der Waals surface area contributed by atoms with Crippen LogP contribution in [0, 0.1) is 6.92 Å². The van der Waals surface area contributed by atoms with Gasteiger partial charge < -0.3 is 15.1 Å². The minimum atomic E-state index is -0.348. The first-order chi connectivity index (χ1) is 12.0. The number of rotatable bonds is 5. The average Bonchev–Trinajstić information content (AvgIpc) is 3.24. The van der Waals surface area contributed by atoms with E-state index in [1.807, 2.05) is 19.1 Å². The number of benzene rings is 1. The SMILES string of the molecule is Cc1cc(NC(=O)c2ccco2)sc1C(=O)NCc1ccc(Cl)cc1. The van der Waals surface area contributed by atoms with E-state index in [0.29, 0.717) is 21.4 Å². The predicted molar refractivity (Wildman–Crippen MR) is 98.3 cm³/mol. The molecular weight excluding hydrogens is 360 g/mol. The van der Waals surface area contributed by atoms with Crippen LogP contribution in [0.15, 0.2) is 53.1 Å². The number of amides is 2. The van der Waals surface area contributed by atoms with Gasteiger partial charge in [-0.25, -0.2) is 0 Å². The number of carbonyl (C=O) groups is 2. The monoisotopic (exact) mass is 374 g/mol. The maximum atomic E-state index is 12.4. The normalized spacial score (nSPS) is 10.5. The fourth-order valence-corrected chi connectivity index (χ4v) is 3.33. The lowest BCUT2D eigenvalue weighted by Crippen LogP contribution is -2.22. The second kappa shape index (κ2) is 7.55. The Morgan fingerprint density at radius 3 is 2.60 bits per heavy atom. The third kappa shape index (κ3) is 4.29. The van der Waals surface area contributed by atoms with E-state index in [1.54, 1.807) is 30.3 Å². The fourth-order valence-electron chi connectivity index (χ4n) is 2.22. The highest BCUT2D eigenvalue weighted by Gasteiger charge is 2.16. The molecule has 2 aromatic heterocycles. The van der Waals surface area contributed by atoms with Crippen LogP contribution in [-0.4, -0.2) is 11.8 Å². The zero-order chi connectivity index (χ0) is 17.8. The van der Waals surface area contributed by atoms with Gasteiger partial charge in [-0.2, -0.15) is 0 Å². The summed E-state index contributed by atoms with van der Waals surface area (Å²) in [7, 11) is 0. The lowest BCUT2D eigenvalue weighted by Gasteiger charge is -2.05. The molecule has 0 aliphatic carbocycles. The molecule has 2 amide bonds. The Morgan fingerprint density at radius 1 is 1.16 bits per heavy atom. The highest BCUT2D eigenvalue weighted by atomic mass is 35.5. The van der Waals surface area contributed by atoms with Crippen molar-refractivity contribution in [2.24, 2.45) is 0 Å². The second-order valence-corrected chi connectivity index (χ2v) is 6.85. The van der Waals surface area contributed by atoms with Crippen molar-refractivity contribution in [3.63, 3.8) is 0 Å². The van der Waals surface area contributed by atoms with E-state index in [4.69, 9.17) is 16.0 Å². The average molecular weight is 375 g/mol. The summed E-state index contributed by atoms with van der Waals surface area (Å²) in [5.74, 6) is -0.310. The van der Waals surface area contributed by atoms with Gasteiger partial charge in [-0.1, -0.05) is 23.7 Å². The van der Waals surface area contributed by atoms with E-state index in [1.165, 1.54) is 17.6 Å². The first kappa shape index (κ1) is 17.3. The number of hydrogen-bond donors (Lipinski definition) is 2. The molecule has 0 radical (unpaired) electrons. The molecule has 0 saturated carbocycles. The van der Waals surface area contributed by atoms with Crippen molar-refractivity contribution in [3.8, 4) is 0 Å². The van der Waals surface area contributed by atoms with Crippen LogP contribution in [0.4, 0.5) is 5.00 Å². The van der Waals surface area contributed by atoms with Gasteiger partial charge >= 0.3 is 0 Å². The third-order valence-electron chi connectivity index (χ3n) is 3.47.